The van der Waals surface area contributed by atoms with Crippen molar-refractivity contribution in [3.63, 3.8) is 0 Å². The van der Waals surface area contributed by atoms with Gasteiger partial charge in [-0.15, -0.1) is 0 Å². The van der Waals surface area contributed by atoms with Gasteiger partial charge in [-0.05, 0) is 22.0 Å². The molecule has 0 amide bonds. The first-order chi connectivity index (χ1) is 6.15. The van der Waals surface area contributed by atoms with Crippen molar-refractivity contribution >= 4 is 39.1 Å². The average Bonchev–Trinajstić information content (AvgIpc) is 2.09. The Bertz CT molecular complexity index is 304. The van der Waals surface area contributed by atoms with Crippen LogP contribution in [-0.4, -0.2) is 13.9 Å². The summed E-state index contributed by atoms with van der Waals surface area (Å²) < 4.78 is 10.7. The van der Waals surface area contributed by atoms with Gasteiger partial charge in [0, 0.05) is 13.2 Å². The fourth-order valence-corrected chi connectivity index (χ4v) is 1.64. The number of benzene rings is 1. The zero-order chi connectivity index (χ0) is 9.84. The molecule has 0 saturated heterocycles. The summed E-state index contributed by atoms with van der Waals surface area (Å²) in [6.07, 6.45) is 0. The van der Waals surface area contributed by atoms with E-state index in [1.165, 1.54) is 0 Å². The van der Waals surface area contributed by atoms with Crippen LogP contribution in [0.5, 0.6) is 5.75 Å². The highest BCUT2D eigenvalue weighted by molar-refractivity contribution is 9.10. The Hall–Kier alpha value is 0.0400. The van der Waals surface area contributed by atoms with E-state index < -0.39 is 0 Å². The molecule has 0 unspecified atom stereocenters. The molecule has 0 aliphatic carbocycles. The second-order valence-electron chi connectivity index (χ2n) is 2.25. The first-order valence-electron chi connectivity index (χ1n) is 3.41. The van der Waals surface area contributed by atoms with Crippen LogP contribution in [0.2, 0.25) is 10.0 Å². The SMILES string of the molecule is COCOc1cc(Cl)c(Cl)cc1Br. The fourth-order valence-electron chi connectivity index (χ4n) is 0.737. The van der Waals surface area contributed by atoms with Crippen molar-refractivity contribution < 1.29 is 9.47 Å². The molecular weight excluding hydrogens is 279 g/mol. The second kappa shape index (κ2) is 5.05. The molecule has 0 radical (unpaired) electrons. The summed E-state index contributed by atoms with van der Waals surface area (Å²) in [5.74, 6) is 0.608. The first-order valence-corrected chi connectivity index (χ1v) is 4.96. The highest BCUT2D eigenvalue weighted by Gasteiger charge is 2.05. The smallest absolute Gasteiger partial charge is 0.188 e. The molecule has 0 fully saturated rings. The number of hydrogen-bond donors (Lipinski definition) is 0. The third kappa shape index (κ3) is 3.02. The van der Waals surface area contributed by atoms with E-state index in [1.807, 2.05) is 0 Å². The van der Waals surface area contributed by atoms with Gasteiger partial charge in [-0.1, -0.05) is 23.2 Å². The van der Waals surface area contributed by atoms with Crippen LogP contribution in [0.3, 0.4) is 0 Å². The van der Waals surface area contributed by atoms with Crippen LogP contribution in [-0.2, 0) is 4.74 Å². The van der Waals surface area contributed by atoms with Crippen molar-refractivity contribution in [2.45, 2.75) is 0 Å². The quantitative estimate of drug-likeness (QED) is 0.622. The van der Waals surface area contributed by atoms with Crippen LogP contribution in [0.4, 0.5) is 0 Å². The number of ether oxygens (including phenoxy) is 2. The van der Waals surface area contributed by atoms with Crippen LogP contribution in [0.1, 0.15) is 0 Å². The predicted molar refractivity (Wildman–Crippen MR) is 56.7 cm³/mol. The van der Waals surface area contributed by atoms with Crippen LogP contribution in [0.15, 0.2) is 16.6 Å². The molecule has 1 aromatic carbocycles. The monoisotopic (exact) mass is 284 g/mol. The molecule has 0 bridgehead atoms. The maximum absolute atomic E-state index is 5.79. The Kier molecular flexibility index (Phi) is 4.32. The van der Waals surface area contributed by atoms with E-state index in [2.05, 4.69) is 15.9 Å². The Labute approximate surface area is 94.9 Å². The molecule has 0 atom stereocenters. The molecule has 0 heterocycles. The normalized spacial score (nSPS) is 10.2. The lowest BCUT2D eigenvalue weighted by molar-refractivity contribution is 0.0506. The highest BCUT2D eigenvalue weighted by Crippen LogP contribution is 2.33. The van der Waals surface area contributed by atoms with E-state index in [9.17, 15) is 0 Å². The van der Waals surface area contributed by atoms with Crippen molar-refractivity contribution in [2.24, 2.45) is 0 Å². The molecule has 1 aromatic rings. The molecule has 0 spiro atoms. The van der Waals surface area contributed by atoms with Gasteiger partial charge in [-0.3, -0.25) is 0 Å². The molecule has 0 aliphatic heterocycles. The van der Waals surface area contributed by atoms with Gasteiger partial charge < -0.3 is 9.47 Å². The summed E-state index contributed by atoms with van der Waals surface area (Å²) in [6.45, 7) is 0.177. The third-order valence-electron chi connectivity index (χ3n) is 1.31. The highest BCUT2D eigenvalue weighted by atomic mass is 79.9. The summed E-state index contributed by atoms with van der Waals surface area (Å²) in [6, 6.07) is 3.31. The summed E-state index contributed by atoms with van der Waals surface area (Å²) in [7, 11) is 1.55. The lowest BCUT2D eigenvalue weighted by Crippen LogP contribution is -1.99. The number of rotatable bonds is 3. The molecule has 5 heteroatoms. The summed E-state index contributed by atoms with van der Waals surface area (Å²) in [5, 5.41) is 0.939. The van der Waals surface area contributed by atoms with Crippen molar-refractivity contribution in [3.8, 4) is 5.75 Å². The zero-order valence-corrected chi connectivity index (χ0v) is 9.91. The topological polar surface area (TPSA) is 18.5 Å². The fraction of sp³-hybridized carbons (Fsp3) is 0.250. The molecule has 72 valence electrons. The Balaban J connectivity index is 2.88. The van der Waals surface area contributed by atoms with Gasteiger partial charge in [0.15, 0.2) is 6.79 Å². The van der Waals surface area contributed by atoms with E-state index in [1.54, 1.807) is 19.2 Å². The van der Waals surface area contributed by atoms with Crippen LogP contribution in [0.25, 0.3) is 0 Å². The molecule has 0 saturated carbocycles. The van der Waals surface area contributed by atoms with Gasteiger partial charge in [0.2, 0.25) is 0 Å². The Morgan fingerprint density at radius 1 is 1.31 bits per heavy atom. The summed E-state index contributed by atoms with van der Waals surface area (Å²) in [5.41, 5.74) is 0. The lowest BCUT2D eigenvalue weighted by atomic mass is 10.3. The van der Waals surface area contributed by atoms with Gasteiger partial charge in [-0.25, -0.2) is 0 Å². The molecule has 0 N–H and O–H groups in total. The number of hydrogen-bond acceptors (Lipinski definition) is 2. The standard InChI is InChI=1S/C8H7BrCl2O2/c1-12-4-13-8-3-7(11)6(10)2-5(8)9/h2-3H,4H2,1H3. The van der Waals surface area contributed by atoms with Crippen molar-refractivity contribution in [3.05, 3.63) is 26.7 Å². The van der Waals surface area contributed by atoms with Gasteiger partial charge in [0.25, 0.3) is 0 Å². The largest absolute Gasteiger partial charge is 0.466 e. The Morgan fingerprint density at radius 3 is 2.54 bits per heavy atom. The average molecular weight is 286 g/mol. The first kappa shape index (κ1) is 11.1. The lowest BCUT2D eigenvalue weighted by Gasteiger charge is -2.07. The van der Waals surface area contributed by atoms with Gasteiger partial charge in [0.1, 0.15) is 5.75 Å². The predicted octanol–water partition coefficient (Wildman–Crippen LogP) is 3.74. The van der Waals surface area contributed by atoms with Crippen molar-refractivity contribution in [1.82, 2.24) is 0 Å². The molecule has 13 heavy (non-hydrogen) atoms. The summed E-state index contributed by atoms with van der Waals surface area (Å²) >= 11 is 14.9. The van der Waals surface area contributed by atoms with E-state index in [0.717, 1.165) is 4.47 Å². The van der Waals surface area contributed by atoms with E-state index in [-0.39, 0.29) is 6.79 Å². The number of methoxy groups -OCH3 is 1. The van der Waals surface area contributed by atoms with Gasteiger partial charge in [-0.2, -0.15) is 0 Å². The van der Waals surface area contributed by atoms with Crippen molar-refractivity contribution in [2.75, 3.05) is 13.9 Å². The van der Waals surface area contributed by atoms with Crippen LogP contribution >= 0.6 is 39.1 Å². The molecule has 0 aliphatic rings. The van der Waals surface area contributed by atoms with Crippen molar-refractivity contribution in [1.29, 1.82) is 0 Å². The second-order valence-corrected chi connectivity index (χ2v) is 3.92. The maximum Gasteiger partial charge on any atom is 0.188 e. The molecule has 2 nitrogen and oxygen atoms in total. The van der Waals surface area contributed by atoms with Crippen LogP contribution in [0, 0.1) is 0 Å². The van der Waals surface area contributed by atoms with Crippen LogP contribution < -0.4 is 4.74 Å². The van der Waals surface area contributed by atoms with E-state index in [0.29, 0.717) is 15.8 Å². The Morgan fingerprint density at radius 2 is 1.92 bits per heavy atom. The minimum atomic E-state index is 0.177. The van der Waals surface area contributed by atoms with E-state index >= 15 is 0 Å². The molecular formula is C8H7BrCl2O2. The third-order valence-corrected chi connectivity index (χ3v) is 2.65. The zero-order valence-electron chi connectivity index (χ0n) is 6.81. The van der Waals surface area contributed by atoms with E-state index in [4.69, 9.17) is 32.7 Å². The number of halogens is 3. The minimum Gasteiger partial charge on any atom is -0.466 e. The molecule has 0 aromatic heterocycles. The van der Waals surface area contributed by atoms with Gasteiger partial charge >= 0.3 is 0 Å². The molecule has 1 rings (SSSR count). The maximum atomic E-state index is 5.79. The van der Waals surface area contributed by atoms with Gasteiger partial charge in [0.05, 0.1) is 14.5 Å². The minimum absolute atomic E-state index is 0.177. The summed E-state index contributed by atoms with van der Waals surface area (Å²) in [4.78, 5) is 0.